The largest absolute Gasteiger partial charge is 0.433 e. The van der Waals surface area contributed by atoms with E-state index in [4.69, 9.17) is 11.6 Å². The average Bonchev–Trinajstić information content (AvgIpc) is 2.97. The van der Waals surface area contributed by atoms with Gasteiger partial charge in [0.2, 0.25) is 5.91 Å². The van der Waals surface area contributed by atoms with Gasteiger partial charge in [0, 0.05) is 12.4 Å². The molecule has 0 unspecified atom stereocenters. The van der Waals surface area contributed by atoms with Gasteiger partial charge in [-0.15, -0.1) is 11.6 Å². The lowest BCUT2D eigenvalue weighted by Gasteiger charge is -2.26. The van der Waals surface area contributed by atoms with E-state index in [0.717, 1.165) is 0 Å². The Balaban J connectivity index is 2.44. The number of para-hydroxylation sites is 1. The van der Waals surface area contributed by atoms with Crippen LogP contribution in [-0.2, 0) is 11.5 Å². The number of hydrogen-bond acceptors (Lipinski definition) is 3. The van der Waals surface area contributed by atoms with E-state index in [2.05, 4.69) is 9.84 Å². The molecule has 0 fully saturated rings. The second kappa shape index (κ2) is 7.22. The summed E-state index contributed by atoms with van der Waals surface area (Å²) in [4.78, 5) is 13.4. The number of amides is 1. The van der Waals surface area contributed by atoms with Crippen molar-refractivity contribution < 1.29 is 18.3 Å². The van der Waals surface area contributed by atoms with E-state index in [0.29, 0.717) is 5.56 Å². The van der Waals surface area contributed by atoms with Crippen molar-refractivity contribution in [3.8, 4) is 5.75 Å². The van der Waals surface area contributed by atoms with Gasteiger partial charge in [-0.25, -0.2) is 0 Å². The van der Waals surface area contributed by atoms with Crippen LogP contribution in [0.5, 0.6) is 5.75 Å². The molecule has 0 aliphatic carbocycles. The standard InChI is InChI=1S/C14H14ClF2N3O2/c1-10-4-2-5-11(22-14(16)17)13(10)20(12(21)8-15)9-19-7-3-6-18-19/h2-7,14H,8-9H2,1H3. The predicted molar refractivity (Wildman–Crippen MR) is 78.2 cm³/mol. The molecule has 0 saturated heterocycles. The number of aromatic nitrogens is 2. The monoisotopic (exact) mass is 329 g/mol. The molecule has 0 radical (unpaired) electrons. The van der Waals surface area contributed by atoms with Crippen LogP contribution in [0.1, 0.15) is 5.56 Å². The minimum absolute atomic E-state index is 0.0446. The Morgan fingerprint density at radius 1 is 1.45 bits per heavy atom. The Morgan fingerprint density at radius 3 is 2.82 bits per heavy atom. The van der Waals surface area contributed by atoms with Crippen molar-refractivity contribution in [3.63, 3.8) is 0 Å². The molecule has 22 heavy (non-hydrogen) atoms. The SMILES string of the molecule is Cc1cccc(OC(F)F)c1N(Cn1cccn1)C(=O)CCl. The first-order chi connectivity index (χ1) is 10.5. The predicted octanol–water partition coefficient (Wildman–Crippen LogP) is 3.02. The highest BCUT2D eigenvalue weighted by Crippen LogP contribution is 2.33. The zero-order chi connectivity index (χ0) is 16.1. The number of nitrogens with zero attached hydrogens (tertiary/aromatic N) is 3. The van der Waals surface area contributed by atoms with Crippen LogP contribution in [0.4, 0.5) is 14.5 Å². The van der Waals surface area contributed by atoms with Crippen LogP contribution in [-0.4, -0.2) is 28.2 Å². The number of rotatable bonds is 6. The molecule has 1 heterocycles. The summed E-state index contributed by atoms with van der Waals surface area (Å²) in [7, 11) is 0. The minimum atomic E-state index is -2.99. The summed E-state index contributed by atoms with van der Waals surface area (Å²) in [6.07, 6.45) is 3.21. The molecule has 0 spiro atoms. The number of halogens is 3. The van der Waals surface area contributed by atoms with Crippen molar-refractivity contribution >= 4 is 23.2 Å². The fraction of sp³-hybridized carbons (Fsp3) is 0.286. The molecule has 0 aliphatic heterocycles. The third-order valence-electron chi connectivity index (χ3n) is 2.95. The first-order valence-electron chi connectivity index (χ1n) is 6.41. The fourth-order valence-electron chi connectivity index (χ4n) is 2.04. The van der Waals surface area contributed by atoms with Crippen LogP contribution in [0.15, 0.2) is 36.7 Å². The molecular formula is C14H14ClF2N3O2. The average molecular weight is 330 g/mol. The first kappa shape index (κ1) is 16.2. The maximum atomic E-state index is 12.6. The number of carbonyl (C=O) groups is 1. The second-order valence-electron chi connectivity index (χ2n) is 4.44. The molecule has 1 aromatic carbocycles. The molecule has 1 amide bonds. The number of anilines is 1. The van der Waals surface area contributed by atoms with E-state index in [1.165, 1.54) is 15.6 Å². The molecule has 0 aliphatic rings. The van der Waals surface area contributed by atoms with E-state index in [-0.39, 0.29) is 24.0 Å². The van der Waals surface area contributed by atoms with Gasteiger partial charge in [0.15, 0.2) is 0 Å². The van der Waals surface area contributed by atoms with Gasteiger partial charge >= 0.3 is 6.61 Å². The molecule has 0 N–H and O–H groups in total. The summed E-state index contributed by atoms with van der Waals surface area (Å²) in [5.41, 5.74) is 0.868. The Kier molecular flexibility index (Phi) is 5.32. The Bertz CT molecular complexity index is 635. The van der Waals surface area contributed by atoms with Crippen molar-refractivity contribution in [2.75, 3.05) is 10.8 Å². The number of carbonyl (C=O) groups excluding carboxylic acids is 1. The maximum Gasteiger partial charge on any atom is 0.387 e. The zero-order valence-corrected chi connectivity index (χ0v) is 12.5. The van der Waals surface area contributed by atoms with Crippen molar-refractivity contribution in [3.05, 3.63) is 42.2 Å². The summed E-state index contributed by atoms with van der Waals surface area (Å²) >= 11 is 5.64. The lowest BCUT2D eigenvalue weighted by Crippen LogP contribution is -2.35. The Labute approximate surface area is 131 Å². The molecule has 1 aromatic heterocycles. The van der Waals surface area contributed by atoms with Gasteiger partial charge in [-0.1, -0.05) is 12.1 Å². The lowest BCUT2D eigenvalue weighted by molar-refractivity contribution is -0.116. The topological polar surface area (TPSA) is 47.4 Å². The van der Waals surface area contributed by atoms with Gasteiger partial charge in [0.05, 0.1) is 5.69 Å². The summed E-state index contributed by atoms with van der Waals surface area (Å²) < 4.78 is 31.2. The molecule has 0 saturated carbocycles. The summed E-state index contributed by atoms with van der Waals surface area (Å²) in [6, 6.07) is 6.35. The van der Waals surface area contributed by atoms with E-state index < -0.39 is 12.5 Å². The summed E-state index contributed by atoms with van der Waals surface area (Å²) in [5.74, 6) is -0.810. The van der Waals surface area contributed by atoms with Crippen molar-refractivity contribution in [1.29, 1.82) is 0 Å². The van der Waals surface area contributed by atoms with Gasteiger partial charge < -0.3 is 4.74 Å². The minimum Gasteiger partial charge on any atom is -0.433 e. The quantitative estimate of drug-likeness (QED) is 0.765. The van der Waals surface area contributed by atoms with E-state index >= 15 is 0 Å². The lowest BCUT2D eigenvalue weighted by atomic mass is 10.1. The second-order valence-corrected chi connectivity index (χ2v) is 4.71. The van der Waals surface area contributed by atoms with Gasteiger partial charge in [0.1, 0.15) is 18.3 Å². The van der Waals surface area contributed by atoms with Crippen LogP contribution in [0.3, 0.4) is 0 Å². The number of aryl methyl sites for hydroxylation is 1. The number of alkyl halides is 3. The highest BCUT2D eigenvalue weighted by Gasteiger charge is 2.23. The van der Waals surface area contributed by atoms with Crippen LogP contribution in [0.25, 0.3) is 0 Å². The van der Waals surface area contributed by atoms with Gasteiger partial charge in [-0.05, 0) is 24.6 Å². The molecule has 2 aromatic rings. The molecule has 5 nitrogen and oxygen atoms in total. The first-order valence-corrected chi connectivity index (χ1v) is 6.94. The highest BCUT2D eigenvalue weighted by atomic mass is 35.5. The number of benzene rings is 1. The Hall–Kier alpha value is -2.15. The van der Waals surface area contributed by atoms with E-state index in [1.807, 2.05) is 0 Å². The number of hydrogen-bond donors (Lipinski definition) is 0. The van der Waals surface area contributed by atoms with Crippen molar-refractivity contribution in [1.82, 2.24) is 9.78 Å². The smallest absolute Gasteiger partial charge is 0.387 e. The third kappa shape index (κ3) is 3.73. The van der Waals surface area contributed by atoms with Crippen LogP contribution in [0.2, 0.25) is 0 Å². The normalized spacial score (nSPS) is 10.8. The summed E-state index contributed by atoms with van der Waals surface area (Å²) in [5, 5.41) is 4.01. The Morgan fingerprint density at radius 2 is 2.23 bits per heavy atom. The van der Waals surface area contributed by atoms with Gasteiger partial charge in [-0.2, -0.15) is 13.9 Å². The van der Waals surface area contributed by atoms with E-state index in [1.54, 1.807) is 37.5 Å². The molecule has 8 heteroatoms. The summed E-state index contributed by atoms with van der Waals surface area (Å²) in [6.45, 7) is -1.24. The van der Waals surface area contributed by atoms with Crippen LogP contribution in [0, 0.1) is 6.92 Å². The van der Waals surface area contributed by atoms with Gasteiger partial charge in [-0.3, -0.25) is 14.4 Å². The molecule has 0 bridgehead atoms. The van der Waals surface area contributed by atoms with Crippen molar-refractivity contribution in [2.24, 2.45) is 0 Å². The molecule has 118 valence electrons. The maximum absolute atomic E-state index is 12.6. The van der Waals surface area contributed by atoms with Crippen molar-refractivity contribution in [2.45, 2.75) is 20.2 Å². The zero-order valence-electron chi connectivity index (χ0n) is 11.7. The number of ether oxygens (including phenoxy) is 1. The molecular weight excluding hydrogens is 316 g/mol. The van der Waals surface area contributed by atoms with Gasteiger partial charge in [0.25, 0.3) is 0 Å². The van der Waals surface area contributed by atoms with Crippen LogP contribution >= 0.6 is 11.6 Å². The van der Waals surface area contributed by atoms with Crippen LogP contribution < -0.4 is 9.64 Å². The fourth-order valence-corrected chi connectivity index (χ4v) is 2.19. The highest BCUT2D eigenvalue weighted by molar-refractivity contribution is 6.29. The molecule has 0 atom stereocenters. The third-order valence-corrected chi connectivity index (χ3v) is 3.18. The molecule has 2 rings (SSSR count). The van der Waals surface area contributed by atoms with E-state index in [9.17, 15) is 13.6 Å².